The molecule has 0 radical (unpaired) electrons. The Labute approximate surface area is 116 Å². The van der Waals surface area contributed by atoms with Crippen LogP contribution in [0.25, 0.3) is 0 Å². The van der Waals surface area contributed by atoms with Gasteiger partial charge in [0.1, 0.15) is 0 Å². The van der Waals surface area contributed by atoms with E-state index in [9.17, 15) is 0 Å². The van der Waals surface area contributed by atoms with E-state index in [1.54, 1.807) is 0 Å². The Balaban J connectivity index is 1.65. The second-order valence-corrected chi connectivity index (χ2v) is 6.40. The molecule has 0 amide bonds. The third-order valence-electron chi connectivity index (χ3n) is 5.07. The smallest absolute Gasteiger partial charge is 0.0328 e. The largest absolute Gasteiger partial charge is 0.399 e. The van der Waals surface area contributed by atoms with Gasteiger partial charge in [-0.15, -0.1) is 0 Å². The summed E-state index contributed by atoms with van der Waals surface area (Å²) in [5, 5.41) is 3.88. The van der Waals surface area contributed by atoms with Crippen molar-refractivity contribution >= 4 is 5.69 Å². The van der Waals surface area contributed by atoms with Crippen LogP contribution in [-0.4, -0.2) is 6.04 Å². The molecule has 1 fully saturated rings. The second kappa shape index (κ2) is 5.54. The molecule has 0 bridgehead atoms. The molecule has 19 heavy (non-hydrogen) atoms. The Hall–Kier alpha value is -1.02. The summed E-state index contributed by atoms with van der Waals surface area (Å²) in [4.78, 5) is 0. The molecule has 0 aromatic heterocycles. The Bertz CT molecular complexity index is 435. The standard InChI is InChI=1S/C17H26N2/c1-12(13-5-3-2-4-6-13)19-17-10-7-14-11-15(18)8-9-16(14)17/h8-9,11-13,17,19H,2-7,10,18H2,1H3/t12-,17?/m1/s1. The van der Waals surface area contributed by atoms with Crippen LogP contribution in [0.3, 0.4) is 0 Å². The molecule has 2 aliphatic rings. The number of nitrogens with one attached hydrogen (secondary N) is 1. The van der Waals surface area contributed by atoms with Crippen molar-refractivity contribution in [2.24, 2.45) is 5.92 Å². The van der Waals surface area contributed by atoms with Crippen molar-refractivity contribution in [2.75, 3.05) is 5.73 Å². The van der Waals surface area contributed by atoms with E-state index in [-0.39, 0.29) is 0 Å². The summed E-state index contributed by atoms with van der Waals surface area (Å²) in [6.07, 6.45) is 9.52. The summed E-state index contributed by atoms with van der Waals surface area (Å²) in [5.41, 5.74) is 9.71. The van der Waals surface area contributed by atoms with Crippen LogP contribution in [0.4, 0.5) is 5.69 Å². The number of aryl methyl sites for hydroxylation is 1. The SMILES string of the molecule is C[C@@H](NC1CCc2cc(N)ccc21)C1CCCCC1. The Morgan fingerprint density at radius 2 is 1.95 bits per heavy atom. The first-order valence-electron chi connectivity index (χ1n) is 7.88. The van der Waals surface area contributed by atoms with Gasteiger partial charge in [-0.25, -0.2) is 0 Å². The fraction of sp³-hybridized carbons (Fsp3) is 0.647. The van der Waals surface area contributed by atoms with Crippen molar-refractivity contribution in [1.29, 1.82) is 0 Å². The average Bonchev–Trinajstić information content (AvgIpc) is 2.82. The van der Waals surface area contributed by atoms with E-state index in [1.807, 2.05) is 6.07 Å². The highest BCUT2D eigenvalue weighted by Gasteiger charge is 2.27. The Kier molecular flexibility index (Phi) is 3.79. The molecule has 2 nitrogen and oxygen atoms in total. The number of rotatable bonds is 3. The Morgan fingerprint density at radius 1 is 1.16 bits per heavy atom. The maximum absolute atomic E-state index is 5.87. The zero-order valence-corrected chi connectivity index (χ0v) is 12.0. The van der Waals surface area contributed by atoms with Crippen LogP contribution in [-0.2, 0) is 6.42 Å². The van der Waals surface area contributed by atoms with Crippen LogP contribution in [0.2, 0.25) is 0 Å². The van der Waals surface area contributed by atoms with Gasteiger partial charge in [0.05, 0.1) is 0 Å². The summed E-state index contributed by atoms with van der Waals surface area (Å²) < 4.78 is 0. The van der Waals surface area contributed by atoms with Gasteiger partial charge in [-0.05, 0) is 61.8 Å². The lowest BCUT2D eigenvalue weighted by Gasteiger charge is -2.31. The van der Waals surface area contributed by atoms with Crippen LogP contribution < -0.4 is 11.1 Å². The van der Waals surface area contributed by atoms with Crippen molar-refractivity contribution in [3.63, 3.8) is 0 Å². The molecule has 2 atom stereocenters. The summed E-state index contributed by atoms with van der Waals surface area (Å²) in [7, 11) is 0. The molecule has 1 saturated carbocycles. The monoisotopic (exact) mass is 258 g/mol. The Morgan fingerprint density at radius 3 is 2.74 bits per heavy atom. The number of nitrogens with two attached hydrogens (primary N) is 1. The van der Waals surface area contributed by atoms with Crippen molar-refractivity contribution < 1.29 is 0 Å². The molecular weight excluding hydrogens is 232 g/mol. The third-order valence-corrected chi connectivity index (χ3v) is 5.07. The van der Waals surface area contributed by atoms with Gasteiger partial charge < -0.3 is 11.1 Å². The lowest BCUT2D eigenvalue weighted by molar-refractivity contribution is 0.264. The van der Waals surface area contributed by atoms with Gasteiger partial charge >= 0.3 is 0 Å². The van der Waals surface area contributed by atoms with Gasteiger partial charge in [0.15, 0.2) is 0 Å². The molecule has 2 aliphatic carbocycles. The van der Waals surface area contributed by atoms with Crippen LogP contribution >= 0.6 is 0 Å². The number of nitrogen functional groups attached to an aromatic ring is 1. The predicted octanol–water partition coefficient (Wildman–Crippen LogP) is 3.81. The minimum absolute atomic E-state index is 0.549. The molecule has 0 saturated heterocycles. The van der Waals surface area contributed by atoms with E-state index in [0.29, 0.717) is 12.1 Å². The molecule has 104 valence electrons. The van der Waals surface area contributed by atoms with Crippen LogP contribution in [0.5, 0.6) is 0 Å². The van der Waals surface area contributed by atoms with Gasteiger partial charge in [0, 0.05) is 17.8 Å². The fourth-order valence-electron chi connectivity index (χ4n) is 3.90. The summed E-state index contributed by atoms with van der Waals surface area (Å²) >= 11 is 0. The quantitative estimate of drug-likeness (QED) is 0.809. The van der Waals surface area contributed by atoms with Gasteiger partial charge in [-0.3, -0.25) is 0 Å². The zero-order valence-electron chi connectivity index (χ0n) is 12.0. The van der Waals surface area contributed by atoms with E-state index < -0.39 is 0 Å². The molecular formula is C17H26N2. The highest BCUT2D eigenvalue weighted by molar-refractivity contribution is 5.47. The lowest BCUT2D eigenvalue weighted by Crippen LogP contribution is -2.36. The van der Waals surface area contributed by atoms with E-state index >= 15 is 0 Å². The second-order valence-electron chi connectivity index (χ2n) is 6.40. The first-order valence-corrected chi connectivity index (χ1v) is 7.88. The van der Waals surface area contributed by atoms with E-state index in [4.69, 9.17) is 5.73 Å². The van der Waals surface area contributed by atoms with Gasteiger partial charge in [-0.2, -0.15) is 0 Å². The topological polar surface area (TPSA) is 38.0 Å². The maximum atomic E-state index is 5.87. The molecule has 1 unspecified atom stereocenters. The number of hydrogen-bond donors (Lipinski definition) is 2. The highest BCUT2D eigenvalue weighted by atomic mass is 15.0. The summed E-state index contributed by atoms with van der Waals surface area (Å²) in [5.74, 6) is 0.881. The average molecular weight is 258 g/mol. The predicted molar refractivity (Wildman–Crippen MR) is 81.1 cm³/mol. The van der Waals surface area contributed by atoms with Gasteiger partial charge in [-0.1, -0.05) is 25.3 Å². The number of benzene rings is 1. The first kappa shape index (κ1) is 13.0. The summed E-state index contributed by atoms with van der Waals surface area (Å²) in [6, 6.07) is 7.62. The van der Waals surface area contributed by atoms with E-state index in [2.05, 4.69) is 24.4 Å². The zero-order chi connectivity index (χ0) is 13.2. The van der Waals surface area contributed by atoms with Gasteiger partial charge in [0.25, 0.3) is 0 Å². The molecule has 0 spiro atoms. The first-order chi connectivity index (χ1) is 9.24. The maximum Gasteiger partial charge on any atom is 0.0328 e. The van der Waals surface area contributed by atoms with Crippen molar-refractivity contribution in [2.45, 2.75) is 64.0 Å². The molecule has 1 aromatic rings. The van der Waals surface area contributed by atoms with E-state index in [0.717, 1.165) is 11.6 Å². The molecule has 0 heterocycles. The molecule has 2 heteroatoms. The van der Waals surface area contributed by atoms with E-state index in [1.165, 1.54) is 56.1 Å². The fourth-order valence-corrected chi connectivity index (χ4v) is 3.90. The third kappa shape index (κ3) is 2.79. The molecule has 0 aliphatic heterocycles. The number of hydrogen-bond acceptors (Lipinski definition) is 2. The molecule has 1 aromatic carbocycles. The minimum atomic E-state index is 0.549. The normalized spacial score (nSPS) is 25.2. The molecule has 3 N–H and O–H groups in total. The highest BCUT2D eigenvalue weighted by Crippen LogP contribution is 2.34. The lowest BCUT2D eigenvalue weighted by atomic mass is 9.84. The van der Waals surface area contributed by atoms with Crippen LogP contribution in [0.15, 0.2) is 18.2 Å². The number of fused-ring (bicyclic) bond motifs is 1. The van der Waals surface area contributed by atoms with Crippen molar-refractivity contribution in [1.82, 2.24) is 5.32 Å². The minimum Gasteiger partial charge on any atom is -0.399 e. The van der Waals surface area contributed by atoms with Crippen molar-refractivity contribution in [3.05, 3.63) is 29.3 Å². The van der Waals surface area contributed by atoms with Crippen LogP contribution in [0.1, 0.15) is 62.6 Å². The van der Waals surface area contributed by atoms with Gasteiger partial charge in [0.2, 0.25) is 0 Å². The van der Waals surface area contributed by atoms with Crippen LogP contribution in [0, 0.1) is 5.92 Å². The summed E-state index contributed by atoms with van der Waals surface area (Å²) in [6.45, 7) is 2.38. The number of anilines is 1. The van der Waals surface area contributed by atoms with Crippen molar-refractivity contribution in [3.8, 4) is 0 Å². The molecule has 3 rings (SSSR count).